The lowest BCUT2D eigenvalue weighted by Gasteiger charge is -2.18. The molecule has 0 fully saturated rings. The van der Waals surface area contributed by atoms with E-state index in [1.54, 1.807) is 0 Å². The van der Waals surface area contributed by atoms with Crippen LogP contribution in [0.5, 0.6) is 0 Å². The fourth-order valence-corrected chi connectivity index (χ4v) is 6.29. The first kappa shape index (κ1) is 24.8. The molecule has 0 spiro atoms. The summed E-state index contributed by atoms with van der Waals surface area (Å²) in [5, 5.41) is 0. The molecule has 0 amide bonds. The molecule has 1 unspecified atom stereocenters. The smallest absolute Gasteiger partial charge is 0.215 e. The summed E-state index contributed by atoms with van der Waals surface area (Å²) in [6.45, 7) is 2.37. The number of hydrogen-bond donors (Lipinski definition) is 0. The monoisotopic (exact) mass is 495 g/mol. The summed E-state index contributed by atoms with van der Waals surface area (Å²) in [5.74, 6) is 0.172. The second-order valence-corrected chi connectivity index (χ2v) is 11.8. The molecule has 1 atom stereocenters. The highest BCUT2D eigenvalue weighted by Crippen LogP contribution is 2.26. The third-order valence-electron chi connectivity index (χ3n) is 6.83. The topological polar surface area (TPSA) is 17.8 Å². The summed E-state index contributed by atoms with van der Waals surface area (Å²) >= 11 is 0. The molecule has 1 aromatic heterocycles. The Morgan fingerprint density at radius 1 is 0.757 bits per heavy atom. The van der Waals surface area contributed by atoms with Gasteiger partial charge in [-0.05, 0) is 39.2 Å². The van der Waals surface area contributed by atoms with E-state index in [1.807, 2.05) is 6.20 Å². The Bertz CT molecular complexity index is 1320. The van der Waals surface area contributed by atoms with Crippen molar-refractivity contribution >= 4 is 28.1 Å². The lowest BCUT2D eigenvalue weighted by Crippen LogP contribution is -2.33. The van der Waals surface area contributed by atoms with Gasteiger partial charge in [0.15, 0.2) is 0 Å². The van der Waals surface area contributed by atoms with Crippen molar-refractivity contribution in [2.45, 2.75) is 24.5 Å². The normalized spacial score (nSPS) is 12.1. The quantitative estimate of drug-likeness (QED) is 0.215. The van der Waals surface area contributed by atoms with Gasteiger partial charge in [-0.25, -0.2) is 0 Å². The molecule has 2 nitrogen and oxygen atoms in total. The Morgan fingerprint density at radius 3 is 1.76 bits per heavy atom. The lowest BCUT2D eigenvalue weighted by molar-refractivity contribution is 0.887. The molecule has 1 heterocycles. The van der Waals surface area contributed by atoms with Gasteiger partial charge in [-0.2, -0.15) is 0 Å². The molecule has 0 N–H and O–H groups in total. The van der Waals surface area contributed by atoms with E-state index in [0.29, 0.717) is 5.54 Å². The minimum absolute atomic E-state index is 0.172. The van der Waals surface area contributed by atoms with E-state index in [2.05, 4.69) is 152 Å². The molecule has 0 saturated heterocycles. The lowest BCUT2D eigenvalue weighted by atomic mass is 9.58. The van der Waals surface area contributed by atoms with E-state index in [1.165, 1.54) is 27.8 Å². The molecular weight excluding hydrogens is 463 g/mol. The Labute approximate surface area is 223 Å². The molecule has 37 heavy (non-hydrogen) atoms. The van der Waals surface area contributed by atoms with Crippen LogP contribution in [0.25, 0.3) is 5.57 Å². The zero-order chi connectivity index (χ0) is 25.3. The van der Waals surface area contributed by atoms with Gasteiger partial charge >= 0.3 is 0 Å². The van der Waals surface area contributed by atoms with E-state index in [9.17, 15) is 0 Å². The van der Waals surface area contributed by atoms with Crippen LogP contribution < -0.4 is 5.72 Å². The first-order valence-corrected chi connectivity index (χ1v) is 14.9. The van der Waals surface area contributed by atoms with E-state index in [0.717, 1.165) is 11.9 Å². The van der Waals surface area contributed by atoms with Crippen molar-refractivity contribution in [3.8, 4) is 0 Å². The summed E-state index contributed by atoms with van der Waals surface area (Å²) in [6.07, 6.45) is 7.61. The highest BCUT2D eigenvalue weighted by Gasteiger charge is 2.19. The molecule has 0 saturated carbocycles. The van der Waals surface area contributed by atoms with Crippen molar-refractivity contribution in [1.82, 2.24) is 9.55 Å². The highest BCUT2D eigenvalue weighted by molar-refractivity contribution is 6.54. The molecule has 0 aliphatic rings. The fraction of sp³-hybridized carbons (Fsp3) is 0.121. The molecule has 5 aromatic rings. The zero-order valence-corrected chi connectivity index (χ0v) is 22.7. The molecule has 0 aliphatic heterocycles. The van der Waals surface area contributed by atoms with Crippen molar-refractivity contribution in [2.75, 3.05) is 0 Å². The Hall–Kier alpha value is -3.89. The van der Waals surface area contributed by atoms with Gasteiger partial charge in [-0.1, -0.05) is 134 Å². The second kappa shape index (κ2) is 12.4. The predicted octanol–water partition coefficient (Wildman–Crippen LogP) is 6.07. The van der Waals surface area contributed by atoms with Crippen molar-refractivity contribution in [3.05, 3.63) is 162 Å². The Balaban J connectivity index is 1.34. The van der Waals surface area contributed by atoms with Gasteiger partial charge in [-0.3, -0.25) is 4.98 Å². The van der Waals surface area contributed by atoms with Crippen LogP contribution in [0.3, 0.4) is 0 Å². The number of aromatic nitrogens is 2. The number of imidazole rings is 1. The van der Waals surface area contributed by atoms with Crippen LogP contribution >= 0.6 is 0 Å². The van der Waals surface area contributed by atoms with Gasteiger partial charge in [-0.15, -0.1) is 0 Å². The Kier molecular flexibility index (Phi) is 8.29. The maximum absolute atomic E-state index is 4.76. The SMILES string of the molecule is CC(C=C(c1ccccc1)c1ccccc1)[SiH2]Cn1ccnc1[B]C(c1ccccc1)c1ccccc1. The van der Waals surface area contributed by atoms with Crippen LogP contribution in [0.4, 0.5) is 0 Å². The van der Waals surface area contributed by atoms with Gasteiger partial charge in [0.05, 0.1) is 15.2 Å². The third-order valence-corrected chi connectivity index (χ3v) is 8.71. The average Bonchev–Trinajstić information content (AvgIpc) is 3.42. The standard InChI is InChI=1S/C33H32BN2Si/c1-26(24-31(27-14-6-2-7-15-27)28-16-8-3-9-17-28)37-25-36-23-22-35-33(36)34-32(29-18-10-4-11-19-29)30-20-12-5-13-21-30/h2-24,26,32H,25,37H2,1H3. The van der Waals surface area contributed by atoms with Crippen LogP contribution in [0, 0.1) is 0 Å². The first-order chi connectivity index (χ1) is 18.3. The van der Waals surface area contributed by atoms with E-state index in [-0.39, 0.29) is 5.82 Å². The van der Waals surface area contributed by atoms with Crippen LogP contribution in [0.1, 0.15) is 35.0 Å². The Morgan fingerprint density at radius 2 is 1.24 bits per heavy atom. The minimum atomic E-state index is -0.440. The molecule has 4 aromatic carbocycles. The number of rotatable bonds is 10. The molecule has 0 aliphatic carbocycles. The molecular formula is C33H32BN2Si. The summed E-state index contributed by atoms with van der Waals surface area (Å²) in [5.41, 5.74) is 8.04. The van der Waals surface area contributed by atoms with Crippen molar-refractivity contribution < 1.29 is 0 Å². The third kappa shape index (κ3) is 6.46. The van der Waals surface area contributed by atoms with Crippen molar-refractivity contribution in [1.29, 1.82) is 0 Å². The van der Waals surface area contributed by atoms with E-state index < -0.39 is 9.52 Å². The first-order valence-electron chi connectivity index (χ1n) is 13.1. The van der Waals surface area contributed by atoms with Gasteiger partial charge in [0.1, 0.15) is 0 Å². The van der Waals surface area contributed by atoms with Gasteiger partial charge in [0.2, 0.25) is 7.28 Å². The highest BCUT2D eigenvalue weighted by atomic mass is 28.2. The van der Waals surface area contributed by atoms with Crippen LogP contribution in [-0.2, 0) is 6.17 Å². The largest absolute Gasteiger partial charge is 0.347 e. The summed E-state index contributed by atoms with van der Waals surface area (Å²) in [6, 6.07) is 42.9. The zero-order valence-electron chi connectivity index (χ0n) is 21.3. The van der Waals surface area contributed by atoms with Crippen LogP contribution in [0.15, 0.2) is 140 Å². The minimum Gasteiger partial charge on any atom is -0.347 e. The average molecular weight is 496 g/mol. The van der Waals surface area contributed by atoms with Crippen molar-refractivity contribution in [3.63, 3.8) is 0 Å². The molecule has 5 rings (SSSR count). The maximum atomic E-state index is 4.76. The van der Waals surface area contributed by atoms with E-state index >= 15 is 0 Å². The molecule has 181 valence electrons. The van der Waals surface area contributed by atoms with Gasteiger partial charge in [0, 0.05) is 18.6 Å². The molecule has 4 heteroatoms. The number of allylic oxidation sites excluding steroid dienone is 1. The fourth-order valence-electron chi connectivity index (χ4n) is 4.83. The molecule has 1 radical (unpaired) electrons. The van der Waals surface area contributed by atoms with Gasteiger partial charge < -0.3 is 4.57 Å². The molecule has 0 bridgehead atoms. The summed E-state index contributed by atoms with van der Waals surface area (Å²) < 4.78 is 2.35. The number of benzene rings is 4. The predicted molar refractivity (Wildman–Crippen MR) is 160 cm³/mol. The van der Waals surface area contributed by atoms with Crippen LogP contribution in [0.2, 0.25) is 5.54 Å². The van der Waals surface area contributed by atoms with E-state index in [4.69, 9.17) is 4.98 Å². The van der Waals surface area contributed by atoms with Crippen molar-refractivity contribution in [2.24, 2.45) is 0 Å². The number of nitrogens with zero attached hydrogens (tertiary/aromatic N) is 2. The maximum Gasteiger partial charge on any atom is 0.215 e. The van der Waals surface area contributed by atoms with Crippen LogP contribution in [-0.4, -0.2) is 26.4 Å². The van der Waals surface area contributed by atoms with Gasteiger partial charge in [0.25, 0.3) is 0 Å². The summed E-state index contributed by atoms with van der Waals surface area (Å²) in [7, 11) is 1.88. The number of hydrogen-bond acceptors (Lipinski definition) is 1. The second-order valence-electron chi connectivity index (χ2n) is 9.52. The summed E-state index contributed by atoms with van der Waals surface area (Å²) in [4.78, 5) is 4.76.